The molecule has 0 spiro atoms. The lowest BCUT2D eigenvalue weighted by molar-refractivity contribution is -0.113. The van der Waals surface area contributed by atoms with Crippen LogP contribution in [0.15, 0.2) is 52.2 Å². The van der Waals surface area contributed by atoms with Crippen molar-refractivity contribution in [1.82, 2.24) is 14.9 Å². The number of benzene rings is 1. The first-order valence-corrected chi connectivity index (χ1v) is 8.80. The first-order valence-electron chi connectivity index (χ1n) is 7.81. The minimum absolute atomic E-state index is 0.131. The van der Waals surface area contributed by atoms with E-state index in [9.17, 15) is 4.79 Å². The molecule has 2 aromatic heterocycles. The number of hydrogen-bond donors (Lipinski definition) is 2. The Morgan fingerprint density at radius 2 is 2.16 bits per heavy atom. The zero-order valence-corrected chi connectivity index (χ0v) is 14.8. The molecule has 3 rings (SSSR count). The number of aromatic nitrogens is 3. The van der Waals surface area contributed by atoms with E-state index in [-0.39, 0.29) is 11.7 Å². The summed E-state index contributed by atoms with van der Waals surface area (Å²) in [7, 11) is 0. The van der Waals surface area contributed by atoms with Crippen molar-refractivity contribution in [3.8, 4) is 11.6 Å². The van der Waals surface area contributed by atoms with Crippen molar-refractivity contribution in [3.63, 3.8) is 0 Å². The summed E-state index contributed by atoms with van der Waals surface area (Å²) in [5.74, 6) is 7.36. The average Bonchev–Trinajstić information content (AvgIpc) is 3.23. The zero-order valence-electron chi connectivity index (χ0n) is 14.0. The van der Waals surface area contributed by atoms with Crippen LogP contribution < -0.4 is 11.2 Å². The molecule has 0 fully saturated rings. The standard InChI is InChI=1S/C17H19N5O2S/c1-11(2)12-5-3-6-13(9-12)19-15(23)10-25-17-21-20-16(22(17)18)14-7-4-8-24-14/h3-9,11H,10,18H2,1-2H3,(H,19,23). The Hall–Kier alpha value is -2.74. The summed E-state index contributed by atoms with van der Waals surface area (Å²) in [5, 5.41) is 11.3. The van der Waals surface area contributed by atoms with E-state index in [4.69, 9.17) is 10.3 Å². The molecule has 0 bridgehead atoms. The number of hydrogen-bond acceptors (Lipinski definition) is 6. The van der Waals surface area contributed by atoms with Crippen molar-refractivity contribution in [1.29, 1.82) is 0 Å². The van der Waals surface area contributed by atoms with Crippen LogP contribution in [0.4, 0.5) is 5.69 Å². The molecule has 1 amide bonds. The van der Waals surface area contributed by atoms with Crippen LogP contribution in [-0.2, 0) is 4.79 Å². The third-order valence-corrected chi connectivity index (χ3v) is 4.52. The van der Waals surface area contributed by atoms with Gasteiger partial charge in [-0.2, -0.15) is 0 Å². The van der Waals surface area contributed by atoms with Crippen LogP contribution in [0.25, 0.3) is 11.6 Å². The molecule has 0 unspecified atom stereocenters. The molecule has 0 aliphatic heterocycles. The number of thioether (sulfide) groups is 1. The zero-order chi connectivity index (χ0) is 17.8. The topological polar surface area (TPSA) is 99.0 Å². The predicted octanol–water partition coefficient (Wildman–Crippen LogP) is 3.11. The fourth-order valence-electron chi connectivity index (χ4n) is 2.25. The van der Waals surface area contributed by atoms with Crippen LogP contribution in [0.5, 0.6) is 0 Å². The van der Waals surface area contributed by atoms with Gasteiger partial charge in [0, 0.05) is 5.69 Å². The number of nitrogens with zero attached hydrogens (tertiary/aromatic N) is 3. The second-order valence-electron chi connectivity index (χ2n) is 5.77. The molecule has 0 aliphatic carbocycles. The van der Waals surface area contributed by atoms with Crippen molar-refractivity contribution < 1.29 is 9.21 Å². The number of anilines is 1. The maximum absolute atomic E-state index is 12.2. The summed E-state index contributed by atoms with van der Waals surface area (Å²) >= 11 is 1.21. The summed E-state index contributed by atoms with van der Waals surface area (Å²) in [6.45, 7) is 4.23. The number of rotatable bonds is 6. The van der Waals surface area contributed by atoms with Crippen molar-refractivity contribution in [2.24, 2.45) is 0 Å². The Labute approximate surface area is 149 Å². The van der Waals surface area contributed by atoms with Gasteiger partial charge in [0.2, 0.25) is 16.9 Å². The summed E-state index contributed by atoms with van der Waals surface area (Å²) < 4.78 is 6.57. The molecule has 2 heterocycles. The number of nitrogens with one attached hydrogen (secondary N) is 1. The Bertz CT molecular complexity index is 858. The van der Waals surface area contributed by atoms with E-state index in [1.807, 2.05) is 24.3 Å². The van der Waals surface area contributed by atoms with Gasteiger partial charge in [-0.15, -0.1) is 10.2 Å². The summed E-state index contributed by atoms with van der Waals surface area (Å²) in [6.07, 6.45) is 1.54. The van der Waals surface area contributed by atoms with E-state index >= 15 is 0 Å². The van der Waals surface area contributed by atoms with Gasteiger partial charge in [-0.25, -0.2) is 4.68 Å². The summed E-state index contributed by atoms with van der Waals surface area (Å²) in [4.78, 5) is 12.2. The van der Waals surface area contributed by atoms with Crippen LogP contribution in [0, 0.1) is 0 Å². The minimum Gasteiger partial charge on any atom is -0.461 e. The van der Waals surface area contributed by atoms with Gasteiger partial charge >= 0.3 is 0 Å². The monoisotopic (exact) mass is 357 g/mol. The highest BCUT2D eigenvalue weighted by atomic mass is 32.2. The smallest absolute Gasteiger partial charge is 0.234 e. The fourth-order valence-corrected chi connectivity index (χ4v) is 2.91. The lowest BCUT2D eigenvalue weighted by Gasteiger charge is -2.09. The van der Waals surface area contributed by atoms with Crippen LogP contribution in [0.2, 0.25) is 0 Å². The van der Waals surface area contributed by atoms with Gasteiger partial charge in [-0.1, -0.05) is 37.7 Å². The van der Waals surface area contributed by atoms with Gasteiger partial charge in [-0.05, 0) is 35.7 Å². The quantitative estimate of drug-likeness (QED) is 0.519. The van der Waals surface area contributed by atoms with Gasteiger partial charge in [0.05, 0.1) is 12.0 Å². The normalized spacial score (nSPS) is 11.0. The molecule has 0 saturated heterocycles. The van der Waals surface area contributed by atoms with Crippen molar-refractivity contribution >= 4 is 23.4 Å². The Balaban J connectivity index is 1.60. The number of carbonyl (C=O) groups is 1. The third-order valence-electron chi connectivity index (χ3n) is 3.58. The predicted molar refractivity (Wildman–Crippen MR) is 97.8 cm³/mol. The molecular weight excluding hydrogens is 338 g/mol. The maximum atomic E-state index is 12.2. The largest absolute Gasteiger partial charge is 0.461 e. The molecule has 0 atom stereocenters. The number of nitrogens with two attached hydrogens (primary N) is 1. The number of amides is 1. The van der Waals surface area contributed by atoms with Crippen LogP contribution in [0.3, 0.4) is 0 Å². The average molecular weight is 357 g/mol. The SMILES string of the molecule is CC(C)c1cccc(NC(=O)CSc2nnc(-c3ccco3)n2N)c1. The molecule has 3 aromatic rings. The van der Waals surface area contributed by atoms with Crippen molar-refractivity contribution in [3.05, 3.63) is 48.2 Å². The van der Waals surface area contributed by atoms with E-state index in [1.54, 1.807) is 12.1 Å². The highest BCUT2D eigenvalue weighted by Gasteiger charge is 2.15. The number of furan rings is 1. The van der Waals surface area contributed by atoms with E-state index in [0.29, 0.717) is 22.7 Å². The Morgan fingerprint density at radius 1 is 1.32 bits per heavy atom. The highest BCUT2D eigenvalue weighted by Crippen LogP contribution is 2.22. The van der Waals surface area contributed by atoms with Crippen molar-refractivity contribution in [2.75, 3.05) is 16.9 Å². The van der Waals surface area contributed by atoms with E-state index in [0.717, 1.165) is 5.69 Å². The fraction of sp³-hybridized carbons (Fsp3) is 0.235. The first-order chi connectivity index (χ1) is 12.0. The molecule has 3 N–H and O–H groups in total. The number of carbonyl (C=O) groups excluding carboxylic acids is 1. The van der Waals surface area contributed by atoms with Gasteiger partial charge in [0.15, 0.2) is 5.76 Å². The van der Waals surface area contributed by atoms with Crippen LogP contribution >= 0.6 is 11.8 Å². The summed E-state index contributed by atoms with van der Waals surface area (Å²) in [5.41, 5.74) is 1.96. The molecule has 7 nitrogen and oxygen atoms in total. The van der Waals surface area contributed by atoms with Crippen LogP contribution in [-0.4, -0.2) is 26.5 Å². The lowest BCUT2D eigenvalue weighted by atomic mass is 10.0. The van der Waals surface area contributed by atoms with Crippen molar-refractivity contribution in [2.45, 2.75) is 24.9 Å². The molecule has 0 aliphatic rings. The molecule has 0 radical (unpaired) electrons. The molecule has 0 saturated carbocycles. The van der Waals surface area contributed by atoms with Gasteiger partial charge in [0.25, 0.3) is 0 Å². The molecule has 130 valence electrons. The van der Waals surface area contributed by atoms with Gasteiger partial charge in [-0.3, -0.25) is 4.79 Å². The van der Waals surface area contributed by atoms with Gasteiger partial charge in [0.1, 0.15) is 0 Å². The van der Waals surface area contributed by atoms with E-state index in [1.165, 1.54) is 28.3 Å². The maximum Gasteiger partial charge on any atom is 0.234 e. The summed E-state index contributed by atoms with van der Waals surface area (Å²) in [6, 6.07) is 11.3. The molecule has 8 heteroatoms. The third kappa shape index (κ3) is 4.03. The minimum atomic E-state index is -0.131. The Kier molecular flexibility index (Phi) is 5.08. The highest BCUT2D eigenvalue weighted by molar-refractivity contribution is 7.99. The molecule has 1 aromatic carbocycles. The lowest BCUT2D eigenvalue weighted by Crippen LogP contribution is -2.16. The molecule has 25 heavy (non-hydrogen) atoms. The Morgan fingerprint density at radius 3 is 2.88 bits per heavy atom. The van der Waals surface area contributed by atoms with E-state index < -0.39 is 0 Å². The number of nitrogen functional groups attached to an aromatic ring is 1. The second kappa shape index (κ2) is 7.43. The van der Waals surface area contributed by atoms with Gasteiger partial charge < -0.3 is 15.6 Å². The molecular formula is C17H19N5O2S. The second-order valence-corrected chi connectivity index (χ2v) is 6.71. The first kappa shape index (κ1) is 17.1. The van der Waals surface area contributed by atoms with Crippen LogP contribution in [0.1, 0.15) is 25.3 Å². The van der Waals surface area contributed by atoms with E-state index in [2.05, 4.69) is 29.4 Å².